The normalized spacial score (nSPS) is 20.0. The number of hydrogen-bond donors (Lipinski definition) is 1. The van der Waals surface area contributed by atoms with E-state index in [0.717, 1.165) is 31.4 Å². The fourth-order valence-corrected chi connectivity index (χ4v) is 3.66. The molecule has 1 aromatic rings. The molecule has 118 valence electrons. The molecule has 1 atom stereocenters. The van der Waals surface area contributed by atoms with Crippen LogP contribution in [-0.4, -0.2) is 18.2 Å². The van der Waals surface area contributed by atoms with Gasteiger partial charge in [-0.1, -0.05) is 55.0 Å². The zero-order valence-corrected chi connectivity index (χ0v) is 14.2. The van der Waals surface area contributed by atoms with Crippen LogP contribution in [0.25, 0.3) is 0 Å². The average Bonchev–Trinajstić information content (AvgIpc) is 2.70. The van der Waals surface area contributed by atoms with Gasteiger partial charge in [0.05, 0.1) is 15.6 Å². The molecule has 0 aliphatic heterocycles. The summed E-state index contributed by atoms with van der Waals surface area (Å²) in [5.74, 6) is 0. The lowest BCUT2D eigenvalue weighted by Crippen LogP contribution is -2.51. The zero-order chi connectivity index (χ0) is 15.3. The quantitative estimate of drug-likeness (QED) is 0.772. The van der Waals surface area contributed by atoms with E-state index in [1.165, 1.54) is 25.7 Å². The van der Waals surface area contributed by atoms with Gasteiger partial charge in [-0.05, 0) is 43.9 Å². The van der Waals surface area contributed by atoms with Gasteiger partial charge in [0.1, 0.15) is 0 Å². The third-order valence-corrected chi connectivity index (χ3v) is 5.24. The molecule has 4 heteroatoms. The van der Waals surface area contributed by atoms with Crippen LogP contribution >= 0.6 is 23.2 Å². The smallest absolute Gasteiger partial charge is 0.0835 e. The lowest BCUT2D eigenvalue weighted by Gasteiger charge is -2.38. The predicted octanol–water partition coefficient (Wildman–Crippen LogP) is 4.99. The summed E-state index contributed by atoms with van der Waals surface area (Å²) >= 11 is 12.1. The molecule has 0 radical (unpaired) electrons. The molecular weight excluding hydrogens is 305 g/mol. The molecule has 1 unspecified atom stereocenters. The van der Waals surface area contributed by atoms with Gasteiger partial charge in [-0.15, -0.1) is 0 Å². The van der Waals surface area contributed by atoms with Crippen LogP contribution in [0.5, 0.6) is 0 Å². The monoisotopic (exact) mass is 329 g/mol. The predicted molar refractivity (Wildman–Crippen MR) is 90.2 cm³/mol. The third kappa shape index (κ3) is 4.35. The van der Waals surface area contributed by atoms with Crippen LogP contribution in [0.4, 0.5) is 0 Å². The number of rotatable bonds is 5. The summed E-state index contributed by atoms with van der Waals surface area (Å²) in [4.78, 5) is 0. The number of halogens is 2. The maximum Gasteiger partial charge on any atom is 0.0835 e. The molecule has 0 amide bonds. The second-order valence-corrected chi connectivity index (χ2v) is 6.79. The maximum absolute atomic E-state index is 6.56. The first-order valence-corrected chi connectivity index (χ1v) is 8.66. The Kier molecular flexibility index (Phi) is 6.36. The number of ether oxygens (including phenoxy) is 1. The van der Waals surface area contributed by atoms with Crippen molar-refractivity contribution in [3.05, 3.63) is 33.8 Å². The Morgan fingerprint density at radius 3 is 2.38 bits per heavy atom. The summed E-state index contributed by atoms with van der Waals surface area (Å²) in [5.41, 5.74) is 7.50. The van der Waals surface area contributed by atoms with Gasteiger partial charge in [-0.25, -0.2) is 0 Å². The number of nitrogens with two attached hydrogens (primary N) is 1. The Hall–Kier alpha value is -0.280. The lowest BCUT2D eigenvalue weighted by atomic mass is 9.83. The molecule has 0 bridgehead atoms. The maximum atomic E-state index is 6.56. The molecule has 0 aromatic heterocycles. The van der Waals surface area contributed by atoms with Crippen LogP contribution in [0.1, 0.15) is 51.0 Å². The van der Waals surface area contributed by atoms with Gasteiger partial charge in [0.15, 0.2) is 0 Å². The summed E-state index contributed by atoms with van der Waals surface area (Å²) in [6.07, 6.45) is 7.87. The highest BCUT2D eigenvalue weighted by Gasteiger charge is 2.37. The molecule has 0 spiro atoms. The molecule has 0 saturated heterocycles. The van der Waals surface area contributed by atoms with Crippen molar-refractivity contribution >= 4 is 23.2 Å². The van der Waals surface area contributed by atoms with E-state index in [1.54, 1.807) is 0 Å². The van der Waals surface area contributed by atoms with Crippen molar-refractivity contribution in [3.8, 4) is 0 Å². The minimum Gasteiger partial charge on any atom is -0.374 e. The van der Waals surface area contributed by atoms with Crippen LogP contribution in [0.15, 0.2) is 18.2 Å². The summed E-state index contributed by atoms with van der Waals surface area (Å²) < 4.78 is 6.15. The molecule has 21 heavy (non-hydrogen) atoms. The second-order valence-electron chi connectivity index (χ2n) is 5.97. The highest BCUT2D eigenvalue weighted by Crippen LogP contribution is 2.34. The van der Waals surface area contributed by atoms with Crippen molar-refractivity contribution in [1.82, 2.24) is 0 Å². The Morgan fingerprint density at radius 2 is 1.81 bits per heavy atom. The van der Waals surface area contributed by atoms with Gasteiger partial charge in [-0.2, -0.15) is 0 Å². The van der Waals surface area contributed by atoms with Gasteiger partial charge in [0.2, 0.25) is 0 Å². The Labute approximate surface area is 137 Å². The topological polar surface area (TPSA) is 35.2 Å². The summed E-state index contributed by atoms with van der Waals surface area (Å²) in [6.45, 7) is 2.77. The summed E-state index contributed by atoms with van der Waals surface area (Å²) in [5, 5.41) is 1.18. The highest BCUT2D eigenvalue weighted by atomic mass is 35.5. The first-order valence-electron chi connectivity index (χ1n) is 7.91. The SMILES string of the molecule is CCOC1(C(N)Cc2ccc(Cl)c(Cl)c2)CCCCCC1. The van der Waals surface area contributed by atoms with E-state index in [0.29, 0.717) is 10.0 Å². The summed E-state index contributed by atoms with van der Waals surface area (Å²) in [7, 11) is 0. The summed E-state index contributed by atoms with van der Waals surface area (Å²) in [6, 6.07) is 5.75. The largest absolute Gasteiger partial charge is 0.374 e. The van der Waals surface area contributed by atoms with Crippen LogP contribution in [0.2, 0.25) is 10.0 Å². The number of hydrogen-bond acceptors (Lipinski definition) is 2. The molecule has 1 aromatic carbocycles. The minimum absolute atomic E-state index is 0.00667. The zero-order valence-electron chi connectivity index (χ0n) is 12.7. The van der Waals surface area contributed by atoms with Gasteiger partial charge >= 0.3 is 0 Å². The third-order valence-electron chi connectivity index (χ3n) is 4.50. The standard InChI is InChI=1S/C17H25Cl2NO/c1-2-21-17(9-5-3-4-6-10-17)16(20)12-13-7-8-14(18)15(19)11-13/h7-8,11,16H,2-6,9-10,12,20H2,1H3. The molecular formula is C17H25Cl2NO. The van der Waals surface area contributed by atoms with E-state index < -0.39 is 0 Å². The van der Waals surface area contributed by atoms with Gasteiger partial charge < -0.3 is 10.5 Å². The molecule has 2 nitrogen and oxygen atoms in total. The first-order chi connectivity index (χ1) is 10.1. The minimum atomic E-state index is -0.183. The van der Waals surface area contributed by atoms with Gasteiger partial charge in [0.25, 0.3) is 0 Å². The van der Waals surface area contributed by atoms with Crippen molar-refractivity contribution in [2.75, 3.05) is 6.61 Å². The van der Waals surface area contributed by atoms with E-state index in [2.05, 4.69) is 6.92 Å². The van der Waals surface area contributed by atoms with Gasteiger partial charge in [0, 0.05) is 12.6 Å². The van der Waals surface area contributed by atoms with Gasteiger partial charge in [-0.3, -0.25) is 0 Å². The number of benzene rings is 1. The molecule has 1 aliphatic carbocycles. The second kappa shape index (κ2) is 7.82. The van der Waals surface area contributed by atoms with Crippen LogP contribution < -0.4 is 5.73 Å². The van der Waals surface area contributed by atoms with Crippen molar-refractivity contribution in [2.24, 2.45) is 5.73 Å². The average molecular weight is 330 g/mol. The van der Waals surface area contributed by atoms with Crippen LogP contribution in [0, 0.1) is 0 Å². The fraction of sp³-hybridized carbons (Fsp3) is 0.647. The van der Waals surface area contributed by atoms with Crippen molar-refractivity contribution < 1.29 is 4.74 Å². The molecule has 1 fully saturated rings. The van der Waals surface area contributed by atoms with E-state index in [4.69, 9.17) is 33.7 Å². The first kappa shape index (κ1) is 17.1. The molecule has 1 saturated carbocycles. The van der Waals surface area contributed by atoms with Crippen molar-refractivity contribution in [2.45, 2.75) is 63.5 Å². The highest BCUT2D eigenvalue weighted by molar-refractivity contribution is 6.42. The van der Waals surface area contributed by atoms with E-state index in [9.17, 15) is 0 Å². The Bertz CT molecular complexity index is 456. The van der Waals surface area contributed by atoms with Crippen LogP contribution in [-0.2, 0) is 11.2 Å². The van der Waals surface area contributed by atoms with Crippen LogP contribution in [0.3, 0.4) is 0 Å². The van der Waals surface area contributed by atoms with E-state index in [1.807, 2.05) is 18.2 Å². The van der Waals surface area contributed by atoms with E-state index >= 15 is 0 Å². The Balaban J connectivity index is 2.13. The van der Waals surface area contributed by atoms with E-state index in [-0.39, 0.29) is 11.6 Å². The molecule has 2 rings (SSSR count). The molecule has 2 N–H and O–H groups in total. The Morgan fingerprint density at radius 1 is 1.14 bits per heavy atom. The molecule has 1 aliphatic rings. The fourth-order valence-electron chi connectivity index (χ4n) is 3.34. The molecule has 0 heterocycles. The van der Waals surface area contributed by atoms with Crippen molar-refractivity contribution in [1.29, 1.82) is 0 Å². The lowest BCUT2D eigenvalue weighted by molar-refractivity contribution is -0.0683. The van der Waals surface area contributed by atoms with Crippen molar-refractivity contribution in [3.63, 3.8) is 0 Å².